The topological polar surface area (TPSA) is 81.9 Å². The van der Waals surface area contributed by atoms with Gasteiger partial charge in [-0.2, -0.15) is 0 Å². The van der Waals surface area contributed by atoms with Gasteiger partial charge < -0.3 is 10.1 Å². The second-order valence-corrected chi connectivity index (χ2v) is 7.41. The number of nitrogens with one attached hydrogen (secondary N) is 1. The van der Waals surface area contributed by atoms with Crippen molar-refractivity contribution in [2.24, 2.45) is 0 Å². The Bertz CT molecular complexity index is 928. The number of aromatic nitrogens is 4. The van der Waals surface area contributed by atoms with E-state index < -0.39 is 0 Å². The Morgan fingerprint density at radius 3 is 2.52 bits per heavy atom. The molecule has 1 atom stereocenters. The maximum Gasteiger partial charge on any atom is 0.230 e. The molecule has 2 heterocycles. The Morgan fingerprint density at radius 2 is 1.86 bits per heavy atom. The van der Waals surface area contributed by atoms with Crippen LogP contribution < -0.4 is 10.1 Å². The molecule has 8 heteroatoms. The molecule has 7 nitrogen and oxygen atoms in total. The quantitative estimate of drug-likeness (QED) is 0.540. The van der Waals surface area contributed by atoms with E-state index in [1.807, 2.05) is 61.7 Å². The first-order chi connectivity index (χ1) is 14.1. The van der Waals surface area contributed by atoms with Crippen molar-refractivity contribution < 1.29 is 9.53 Å². The SMILES string of the molecule is CCOc1ccc(-n2c(SCC(=O)N[C@@H](C)CC)nnc2-c2ccncc2)cc1. The number of carbonyl (C=O) groups is 1. The summed E-state index contributed by atoms with van der Waals surface area (Å²) in [4.78, 5) is 16.3. The third-order valence-electron chi connectivity index (χ3n) is 4.33. The van der Waals surface area contributed by atoms with Gasteiger partial charge in [-0.25, -0.2) is 0 Å². The summed E-state index contributed by atoms with van der Waals surface area (Å²) in [5.41, 5.74) is 1.80. The Labute approximate surface area is 174 Å². The number of ether oxygens (including phenoxy) is 1. The maximum absolute atomic E-state index is 12.2. The summed E-state index contributed by atoms with van der Waals surface area (Å²) in [6, 6.07) is 11.7. The van der Waals surface area contributed by atoms with Crippen molar-refractivity contribution in [1.82, 2.24) is 25.1 Å². The lowest BCUT2D eigenvalue weighted by atomic mass is 10.2. The maximum atomic E-state index is 12.2. The van der Waals surface area contributed by atoms with Gasteiger partial charge in [0, 0.05) is 29.7 Å². The van der Waals surface area contributed by atoms with Crippen molar-refractivity contribution in [3.8, 4) is 22.8 Å². The molecule has 0 aliphatic rings. The van der Waals surface area contributed by atoms with Crippen LogP contribution in [-0.4, -0.2) is 44.1 Å². The molecule has 1 N–H and O–H groups in total. The molecule has 0 unspecified atom stereocenters. The van der Waals surface area contributed by atoms with E-state index in [0.717, 1.165) is 23.4 Å². The molecule has 2 aromatic heterocycles. The number of thioether (sulfide) groups is 1. The molecule has 0 aliphatic carbocycles. The summed E-state index contributed by atoms with van der Waals surface area (Å²) in [5.74, 6) is 1.75. The Kier molecular flexibility index (Phi) is 7.24. The van der Waals surface area contributed by atoms with Crippen LogP contribution in [0.5, 0.6) is 5.75 Å². The normalized spacial score (nSPS) is 11.8. The lowest BCUT2D eigenvalue weighted by Gasteiger charge is -2.13. The largest absolute Gasteiger partial charge is 0.494 e. The van der Waals surface area contributed by atoms with Crippen molar-refractivity contribution in [3.63, 3.8) is 0 Å². The van der Waals surface area contributed by atoms with Crippen LogP contribution in [0.1, 0.15) is 27.2 Å². The Morgan fingerprint density at radius 1 is 1.14 bits per heavy atom. The highest BCUT2D eigenvalue weighted by atomic mass is 32.2. The number of nitrogens with zero attached hydrogens (tertiary/aromatic N) is 4. The minimum Gasteiger partial charge on any atom is -0.494 e. The van der Waals surface area contributed by atoms with Crippen molar-refractivity contribution in [1.29, 1.82) is 0 Å². The van der Waals surface area contributed by atoms with Crippen LogP contribution in [-0.2, 0) is 4.79 Å². The fourth-order valence-corrected chi connectivity index (χ4v) is 3.45. The van der Waals surface area contributed by atoms with Crippen LogP contribution in [0.4, 0.5) is 0 Å². The standard InChI is InChI=1S/C21H25N5O2S/c1-4-15(3)23-19(27)14-29-21-25-24-20(16-10-12-22-13-11-16)26(21)17-6-8-18(9-7-17)28-5-2/h6-13,15H,4-5,14H2,1-3H3,(H,23,27)/t15-/m0/s1. The molecule has 3 aromatic rings. The van der Waals surface area contributed by atoms with Crippen LogP contribution in [0.25, 0.3) is 17.1 Å². The molecule has 0 spiro atoms. The molecule has 0 aliphatic heterocycles. The van der Waals surface area contributed by atoms with Gasteiger partial charge in [0.1, 0.15) is 5.75 Å². The van der Waals surface area contributed by atoms with Gasteiger partial charge in [-0.3, -0.25) is 14.3 Å². The molecule has 0 saturated carbocycles. The van der Waals surface area contributed by atoms with Crippen LogP contribution >= 0.6 is 11.8 Å². The van der Waals surface area contributed by atoms with Gasteiger partial charge >= 0.3 is 0 Å². The van der Waals surface area contributed by atoms with Gasteiger partial charge in [0.15, 0.2) is 11.0 Å². The van der Waals surface area contributed by atoms with Crippen molar-refractivity contribution in [2.45, 2.75) is 38.4 Å². The predicted molar refractivity (Wildman–Crippen MR) is 114 cm³/mol. The number of rotatable bonds is 9. The molecule has 0 radical (unpaired) electrons. The van der Waals surface area contributed by atoms with Crippen LogP contribution in [0.3, 0.4) is 0 Å². The van der Waals surface area contributed by atoms with E-state index in [1.54, 1.807) is 12.4 Å². The number of carbonyl (C=O) groups excluding carboxylic acids is 1. The molecular weight excluding hydrogens is 386 g/mol. The van der Waals surface area contributed by atoms with Crippen molar-refractivity contribution >= 4 is 17.7 Å². The average molecular weight is 412 g/mol. The minimum absolute atomic E-state index is 0.0175. The fourth-order valence-electron chi connectivity index (χ4n) is 2.69. The average Bonchev–Trinajstić information content (AvgIpc) is 3.17. The van der Waals surface area contributed by atoms with Gasteiger partial charge in [-0.15, -0.1) is 10.2 Å². The summed E-state index contributed by atoms with van der Waals surface area (Å²) >= 11 is 1.36. The number of hydrogen-bond acceptors (Lipinski definition) is 6. The van der Waals surface area contributed by atoms with Crippen LogP contribution in [0.2, 0.25) is 0 Å². The first-order valence-corrected chi connectivity index (χ1v) is 10.6. The molecule has 0 bridgehead atoms. The highest BCUT2D eigenvalue weighted by Gasteiger charge is 2.17. The van der Waals surface area contributed by atoms with Gasteiger partial charge in [-0.05, 0) is 56.7 Å². The summed E-state index contributed by atoms with van der Waals surface area (Å²) in [7, 11) is 0. The van der Waals surface area contributed by atoms with Crippen molar-refractivity contribution in [3.05, 3.63) is 48.8 Å². The molecule has 152 valence electrons. The number of pyridine rings is 1. The van der Waals surface area contributed by atoms with E-state index in [1.165, 1.54) is 11.8 Å². The van der Waals surface area contributed by atoms with Crippen molar-refractivity contribution in [2.75, 3.05) is 12.4 Å². The van der Waals surface area contributed by atoms with Gasteiger partial charge in [-0.1, -0.05) is 18.7 Å². The minimum atomic E-state index is -0.0175. The molecular formula is C21H25N5O2S. The summed E-state index contributed by atoms with van der Waals surface area (Å²) in [5, 5.41) is 12.4. The van der Waals surface area contributed by atoms with Crippen LogP contribution in [0, 0.1) is 0 Å². The van der Waals surface area contributed by atoms with Gasteiger partial charge in [0.2, 0.25) is 5.91 Å². The molecule has 3 rings (SSSR count). The summed E-state index contributed by atoms with van der Waals surface area (Å²) < 4.78 is 7.49. The van der Waals surface area contributed by atoms with E-state index in [-0.39, 0.29) is 17.7 Å². The fraction of sp³-hybridized carbons (Fsp3) is 0.333. The summed E-state index contributed by atoms with van der Waals surface area (Å²) in [6.07, 6.45) is 4.34. The second-order valence-electron chi connectivity index (χ2n) is 6.47. The lowest BCUT2D eigenvalue weighted by molar-refractivity contribution is -0.119. The van der Waals surface area contributed by atoms with Gasteiger partial charge in [0.05, 0.1) is 12.4 Å². The molecule has 1 amide bonds. The zero-order valence-electron chi connectivity index (χ0n) is 16.8. The molecule has 0 fully saturated rings. The van der Waals surface area contributed by atoms with Gasteiger partial charge in [0.25, 0.3) is 0 Å². The number of benzene rings is 1. The molecule has 1 aromatic carbocycles. The second kappa shape index (κ2) is 10.1. The lowest BCUT2D eigenvalue weighted by Crippen LogP contribution is -2.33. The highest BCUT2D eigenvalue weighted by Crippen LogP contribution is 2.28. The zero-order valence-corrected chi connectivity index (χ0v) is 17.6. The third kappa shape index (κ3) is 5.35. The van der Waals surface area contributed by atoms with E-state index in [4.69, 9.17) is 4.74 Å². The van der Waals surface area contributed by atoms with E-state index in [2.05, 4.69) is 20.5 Å². The third-order valence-corrected chi connectivity index (χ3v) is 5.26. The van der Waals surface area contributed by atoms with E-state index in [9.17, 15) is 4.79 Å². The molecule has 0 saturated heterocycles. The first kappa shape index (κ1) is 20.9. The zero-order chi connectivity index (χ0) is 20.6. The number of amides is 1. The van der Waals surface area contributed by atoms with E-state index in [0.29, 0.717) is 17.6 Å². The van der Waals surface area contributed by atoms with Crippen LogP contribution in [0.15, 0.2) is 53.9 Å². The first-order valence-electron chi connectivity index (χ1n) is 9.63. The summed E-state index contributed by atoms with van der Waals surface area (Å²) in [6.45, 7) is 6.60. The predicted octanol–water partition coefficient (Wildman–Crippen LogP) is 3.73. The Hall–Kier alpha value is -2.87. The number of hydrogen-bond donors (Lipinski definition) is 1. The smallest absolute Gasteiger partial charge is 0.230 e. The monoisotopic (exact) mass is 411 g/mol. The molecule has 29 heavy (non-hydrogen) atoms. The highest BCUT2D eigenvalue weighted by molar-refractivity contribution is 7.99. The van der Waals surface area contributed by atoms with E-state index >= 15 is 0 Å². The Balaban J connectivity index is 1.90.